The zero-order valence-electron chi connectivity index (χ0n) is 13.7. The Hall–Kier alpha value is -2.18. The minimum Gasteiger partial charge on any atom is -0.454 e. The third-order valence-corrected chi connectivity index (χ3v) is 3.99. The van der Waals surface area contributed by atoms with Gasteiger partial charge in [-0.1, -0.05) is 0 Å². The standard InChI is InChI=1S/C18H18F2N2O2.ClH/c1-12-11-21-8-9-22(12)18(23)13-2-5-15(6-3-13)24-17-7-4-14(19)10-16(17)20;/h2-7,10,12,21H,8-9,11H2,1H3;1H/t12-;/m0./s1. The van der Waals surface area contributed by atoms with Gasteiger partial charge < -0.3 is 15.0 Å². The highest BCUT2D eigenvalue weighted by Gasteiger charge is 2.23. The molecule has 134 valence electrons. The Bertz CT molecular complexity index is 740. The van der Waals surface area contributed by atoms with Crippen LogP contribution in [0.5, 0.6) is 11.5 Å². The summed E-state index contributed by atoms with van der Waals surface area (Å²) in [5.41, 5.74) is 0.552. The lowest BCUT2D eigenvalue weighted by Crippen LogP contribution is -2.52. The molecule has 2 aromatic rings. The molecule has 1 aliphatic rings. The topological polar surface area (TPSA) is 41.6 Å². The minimum atomic E-state index is -0.773. The number of carbonyl (C=O) groups excluding carboxylic acids is 1. The van der Waals surface area contributed by atoms with Crippen molar-refractivity contribution in [2.45, 2.75) is 13.0 Å². The van der Waals surface area contributed by atoms with Crippen molar-refractivity contribution in [1.29, 1.82) is 0 Å². The van der Waals surface area contributed by atoms with Crippen molar-refractivity contribution < 1.29 is 18.3 Å². The predicted molar refractivity (Wildman–Crippen MR) is 93.5 cm³/mol. The summed E-state index contributed by atoms with van der Waals surface area (Å²) in [4.78, 5) is 14.4. The van der Waals surface area contributed by atoms with Gasteiger partial charge in [0.05, 0.1) is 0 Å². The SMILES string of the molecule is C[C@H]1CNCCN1C(=O)c1ccc(Oc2ccc(F)cc2F)cc1.Cl. The number of halogens is 3. The number of piperazine rings is 1. The van der Waals surface area contributed by atoms with Crippen LogP contribution in [0.15, 0.2) is 42.5 Å². The molecule has 4 nitrogen and oxygen atoms in total. The van der Waals surface area contributed by atoms with Gasteiger partial charge in [-0.2, -0.15) is 0 Å². The Kier molecular flexibility index (Phi) is 6.33. The van der Waals surface area contributed by atoms with Gasteiger partial charge in [-0.05, 0) is 43.3 Å². The molecule has 1 fully saturated rings. The Balaban J connectivity index is 0.00000225. The van der Waals surface area contributed by atoms with E-state index >= 15 is 0 Å². The number of nitrogens with one attached hydrogen (secondary N) is 1. The smallest absolute Gasteiger partial charge is 0.254 e. The van der Waals surface area contributed by atoms with Gasteiger partial charge in [0, 0.05) is 37.3 Å². The lowest BCUT2D eigenvalue weighted by molar-refractivity contribution is 0.0655. The first-order chi connectivity index (χ1) is 11.5. The van der Waals surface area contributed by atoms with E-state index in [9.17, 15) is 13.6 Å². The molecule has 1 N–H and O–H groups in total. The van der Waals surface area contributed by atoms with Gasteiger partial charge in [-0.15, -0.1) is 12.4 Å². The molecule has 1 heterocycles. The summed E-state index contributed by atoms with van der Waals surface area (Å²) in [5.74, 6) is -1.16. The first-order valence-electron chi connectivity index (χ1n) is 7.79. The highest BCUT2D eigenvalue weighted by molar-refractivity contribution is 5.94. The number of hydrogen-bond acceptors (Lipinski definition) is 3. The normalized spacial score (nSPS) is 16.9. The highest BCUT2D eigenvalue weighted by Crippen LogP contribution is 2.25. The van der Waals surface area contributed by atoms with Crippen LogP contribution in [-0.4, -0.2) is 36.5 Å². The number of benzene rings is 2. The van der Waals surface area contributed by atoms with Crippen molar-refractivity contribution in [2.24, 2.45) is 0 Å². The second kappa shape index (κ2) is 8.27. The third kappa shape index (κ3) is 4.46. The Morgan fingerprint density at radius 2 is 1.92 bits per heavy atom. The molecule has 1 amide bonds. The number of rotatable bonds is 3. The Morgan fingerprint density at radius 1 is 1.20 bits per heavy atom. The van der Waals surface area contributed by atoms with Crippen LogP contribution in [0.2, 0.25) is 0 Å². The van der Waals surface area contributed by atoms with Crippen LogP contribution in [0.1, 0.15) is 17.3 Å². The van der Waals surface area contributed by atoms with E-state index in [4.69, 9.17) is 4.74 Å². The Morgan fingerprint density at radius 3 is 2.56 bits per heavy atom. The van der Waals surface area contributed by atoms with Crippen molar-refractivity contribution in [3.8, 4) is 11.5 Å². The Labute approximate surface area is 151 Å². The first-order valence-corrected chi connectivity index (χ1v) is 7.79. The molecule has 1 aliphatic heterocycles. The van der Waals surface area contributed by atoms with Crippen molar-refractivity contribution in [3.63, 3.8) is 0 Å². The number of amides is 1. The van der Waals surface area contributed by atoms with Crippen LogP contribution in [0.3, 0.4) is 0 Å². The molecule has 0 aromatic heterocycles. The quantitative estimate of drug-likeness (QED) is 0.899. The fraction of sp³-hybridized carbons (Fsp3) is 0.278. The maximum atomic E-state index is 13.6. The van der Waals surface area contributed by atoms with Gasteiger partial charge in [0.1, 0.15) is 11.6 Å². The van der Waals surface area contributed by atoms with E-state index in [1.807, 2.05) is 11.8 Å². The highest BCUT2D eigenvalue weighted by atomic mass is 35.5. The average Bonchev–Trinajstić information content (AvgIpc) is 2.58. The summed E-state index contributed by atoms with van der Waals surface area (Å²) in [5, 5.41) is 3.24. The zero-order chi connectivity index (χ0) is 17.1. The monoisotopic (exact) mass is 368 g/mol. The van der Waals surface area contributed by atoms with Crippen molar-refractivity contribution in [3.05, 3.63) is 59.7 Å². The van der Waals surface area contributed by atoms with Crippen molar-refractivity contribution in [2.75, 3.05) is 19.6 Å². The molecule has 0 spiro atoms. The third-order valence-electron chi connectivity index (χ3n) is 3.99. The summed E-state index contributed by atoms with van der Waals surface area (Å²) in [6, 6.07) is 9.75. The van der Waals surface area contributed by atoms with Crippen LogP contribution in [0.4, 0.5) is 8.78 Å². The van der Waals surface area contributed by atoms with Crippen molar-refractivity contribution >= 4 is 18.3 Å². The fourth-order valence-corrected chi connectivity index (χ4v) is 2.66. The molecule has 7 heteroatoms. The summed E-state index contributed by atoms with van der Waals surface area (Å²) in [6.07, 6.45) is 0. The molecule has 1 saturated heterocycles. The van der Waals surface area contributed by atoms with Crippen LogP contribution in [0, 0.1) is 11.6 Å². The molecular formula is C18H19ClF2N2O2. The maximum absolute atomic E-state index is 13.6. The van der Waals surface area contributed by atoms with Gasteiger partial charge in [-0.25, -0.2) is 8.78 Å². The minimum absolute atomic E-state index is 0. The first kappa shape index (κ1) is 19.1. The van der Waals surface area contributed by atoms with Gasteiger partial charge >= 0.3 is 0 Å². The van der Waals surface area contributed by atoms with Crippen LogP contribution >= 0.6 is 12.4 Å². The van der Waals surface area contributed by atoms with Crippen LogP contribution < -0.4 is 10.1 Å². The zero-order valence-corrected chi connectivity index (χ0v) is 14.5. The summed E-state index contributed by atoms with van der Waals surface area (Å²) in [6.45, 7) is 4.22. The van der Waals surface area contributed by atoms with E-state index in [1.54, 1.807) is 24.3 Å². The van der Waals surface area contributed by atoms with Crippen molar-refractivity contribution in [1.82, 2.24) is 10.2 Å². The van der Waals surface area contributed by atoms with E-state index in [1.165, 1.54) is 6.07 Å². The van der Waals surface area contributed by atoms with E-state index in [2.05, 4.69) is 5.32 Å². The summed E-state index contributed by atoms with van der Waals surface area (Å²) in [7, 11) is 0. The van der Waals surface area contributed by atoms with Crippen LogP contribution in [-0.2, 0) is 0 Å². The van der Waals surface area contributed by atoms with Gasteiger partial charge in [-0.3, -0.25) is 4.79 Å². The van der Waals surface area contributed by atoms with E-state index in [0.29, 0.717) is 17.9 Å². The molecule has 3 rings (SSSR count). The predicted octanol–water partition coefficient (Wildman–Crippen LogP) is 3.61. The molecule has 0 aliphatic carbocycles. The lowest BCUT2D eigenvalue weighted by atomic mass is 10.1. The molecular weight excluding hydrogens is 350 g/mol. The summed E-state index contributed by atoms with van der Waals surface area (Å²) >= 11 is 0. The van der Waals surface area contributed by atoms with Gasteiger partial charge in [0.15, 0.2) is 11.6 Å². The number of nitrogens with zero attached hydrogens (tertiary/aromatic N) is 1. The largest absolute Gasteiger partial charge is 0.454 e. The second-order valence-electron chi connectivity index (χ2n) is 5.75. The van der Waals surface area contributed by atoms with E-state index in [-0.39, 0.29) is 30.1 Å². The second-order valence-corrected chi connectivity index (χ2v) is 5.75. The van der Waals surface area contributed by atoms with E-state index < -0.39 is 11.6 Å². The molecule has 0 bridgehead atoms. The van der Waals surface area contributed by atoms with Gasteiger partial charge in [0.2, 0.25) is 0 Å². The molecule has 1 atom stereocenters. The molecule has 0 unspecified atom stereocenters. The number of ether oxygens (including phenoxy) is 1. The lowest BCUT2D eigenvalue weighted by Gasteiger charge is -2.34. The number of hydrogen-bond donors (Lipinski definition) is 1. The van der Waals surface area contributed by atoms with Gasteiger partial charge in [0.25, 0.3) is 5.91 Å². The average molecular weight is 369 g/mol. The molecule has 0 saturated carbocycles. The molecule has 2 aromatic carbocycles. The van der Waals surface area contributed by atoms with Crippen LogP contribution in [0.25, 0.3) is 0 Å². The summed E-state index contributed by atoms with van der Waals surface area (Å²) < 4.78 is 31.9. The van der Waals surface area contributed by atoms with E-state index in [0.717, 1.165) is 25.2 Å². The number of carbonyl (C=O) groups is 1. The fourth-order valence-electron chi connectivity index (χ4n) is 2.66. The maximum Gasteiger partial charge on any atom is 0.254 e. The molecule has 0 radical (unpaired) electrons. The molecule has 25 heavy (non-hydrogen) atoms.